The molecule has 0 saturated heterocycles. The number of ether oxygens (including phenoxy) is 2. The van der Waals surface area contributed by atoms with E-state index < -0.39 is 5.72 Å². The van der Waals surface area contributed by atoms with Crippen molar-refractivity contribution in [2.75, 3.05) is 7.11 Å². The van der Waals surface area contributed by atoms with Gasteiger partial charge >= 0.3 is 0 Å². The number of carbonyl (C=O) groups excluding carboxylic acids is 2. The highest BCUT2D eigenvalue weighted by Crippen LogP contribution is 2.52. The fourth-order valence-corrected chi connectivity index (χ4v) is 5.39. The van der Waals surface area contributed by atoms with E-state index in [1.807, 2.05) is 0 Å². The van der Waals surface area contributed by atoms with Crippen LogP contribution in [0.25, 0.3) is 0 Å². The van der Waals surface area contributed by atoms with E-state index in [1.54, 1.807) is 43.5 Å². The molecule has 2 aromatic carbocycles. The highest BCUT2D eigenvalue weighted by molar-refractivity contribution is 5.98. The van der Waals surface area contributed by atoms with Gasteiger partial charge in [-0.1, -0.05) is 18.2 Å². The Kier molecular flexibility index (Phi) is 4.84. The molecular formula is C24H25FN2O4. The van der Waals surface area contributed by atoms with Crippen molar-refractivity contribution < 1.29 is 23.5 Å². The minimum atomic E-state index is -0.790. The number of methoxy groups -OCH3 is 1. The zero-order chi connectivity index (χ0) is 21.6. The van der Waals surface area contributed by atoms with Crippen LogP contribution in [0.4, 0.5) is 4.39 Å². The van der Waals surface area contributed by atoms with E-state index >= 15 is 0 Å². The fraction of sp³-hybridized carbons (Fsp3) is 0.417. The molecule has 1 spiro atoms. The Morgan fingerprint density at radius 1 is 1.29 bits per heavy atom. The Labute approximate surface area is 180 Å². The van der Waals surface area contributed by atoms with Crippen molar-refractivity contribution in [1.82, 2.24) is 10.6 Å². The lowest BCUT2D eigenvalue weighted by atomic mass is 9.60. The third-order valence-electron chi connectivity index (χ3n) is 7.02. The summed E-state index contributed by atoms with van der Waals surface area (Å²) in [6.07, 6.45) is 3.01. The van der Waals surface area contributed by atoms with Crippen molar-refractivity contribution >= 4 is 11.8 Å². The lowest BCUT2D eigenvalue weighted by molar-refractivity contribution is -0.146. The summed E-state index contributed by atoms with van der Waals surface area (Å²) in [6, 6.07) is 11.6. The van der Waals surface area contributed by atoms with Gasteiger partial charge < -0.3 is 20.1 Å². The number of fused-ring (bicyclic) bond motifs is 3. The Morgan fingerprint density at radius 2 is 2.13 bits per heavy atom. The van der Waals surface area contributed by atoms with Gasteiger partial charge in [0.15, 0.2) is 5.72 Å². The van der Waals surface area contributed by atoms with Gasteiger partial charge in [0, 0.05) is 36.4 Å². The van der Waals surface area contributed by atoms with Gasteiger partial charge in [-0.15, -0.1) is 0 Å². The molecule has 3 saturated carbocycles. The first kappa shape index (κ1) is 19.8. The minimum absolute atomic E-state index is 0.0324. The van der Waals surface area contributed by atoms with Gasteiger partial charge in [-0.25, -0.2) is 4.39 Å². The van der Waals surface area contributed by atoms with E-state index in [2.05, 4.69) is 10.6 Å². The molecule has 6 nitrogen and oxygen atoms in total. The van der Waals surface area contributed by atoms with Crippen LogP contribution >= 0.6 is 0 Å². The standard InChI is InChI=1S/C24H25FN2O4/c1-30-17-8-9-18-21(11-17)31-24(27-23(18)29)12-14-6-7-16(24)10-19(14)22(28)26-13-15-4-2-3-5-20(15)25/h2-5,8-9,11,14,16,19H,6-7,10,12-13H2,1H3,(H,26,28)(H,27,29). The first-order chi connectivity index (χ1) is 15.0. The number of benzene rings is 2. The Balaban J connectivity index is 1.31. The molecule has 1 aliphatic heterocycles. The van der Waals surface area contributed by atoms with Crippen LogP contribution in [-0.2, 0) is 11.3 Å². The number of hydrogen-bond donors (Lipinski definition) is 2. The van der Waals surface area contributed by atoms with Crippen molar-refractivity contribution in [3.05, 3.63) is 59.4 Å². The summed E-state index contributed by atoms with van der Waals surface area (Å²) in [5.74, 6) is 0.589. The third kappa shape index (κ3) is 3.42. The van der Waals surface area contributed by atoms with Gasteiger partial charge in [-0.3, -0.25) is 9.59 Å². The first-order valence-electron chi connectivity index (χ1n) is 10.7. The van der Waals surface area contributed by atoms with E-state index in [9.17, 15) is 14.0 Å². The van der Waals surface area contributed by atoms with Crippen LogP contribution in [0.2, 0.25) is 0 Å². The lowest BCUT2D eigenvalue weighted by Gasteiger charge is -2.55. The Bertz CT molecular complexity index is 1040. The van der Waals surface area contributed by atoms with Gasteiger partial charge in [0.25, 0.3) is 5.91 Å². The van der Waals surface area contributed by atoms with Crippen molar-refractivity contribution in [2.45, 2.75) is 38.0 Å². The number of carbonyl (C=O) groups is 2. The second-order valence-electron chi connectivity index (χ2n) is 8.70. The second kappa shape index (κ2) is 7.55. The van der Waals surface area contributed by atoms with E-state index in [1.165, 1.54) is 6.07 Å². The smallest absolute Gasteiger partial charge is 0.258 e. The van der Waals surface area contributed by atoms with E-state index in [-0.39, 0.29) is 41.9 Å². The summed E-state index contributed by atoms with van der Waals surface area (Å²) in [4.78, 5) is 25.7. The average molecular weight is 424 g/mol. The van der Waals surface area contributed by atoms with Crippen molar-refractivity contribution in [1.29, 1.82) is 0 Å². The van der Waals surface area contributed by atoms with E-state index in [0.29, 0.717) is 35.5 Å². The monoisotopic (exact) mass is 424 g/mol. The van der Waals surface area contributed by atoms with Crippen LogP contribution in [0.5, 0.6) is 11.5 Å². The number of rotatable bonds is 4. The zero-order valence-electron chi connectivity index (χ0n) is 17.3. The maximum Gasteiger partial charge on any atom is 0.258 e. The molecule has 162 valence electrons. The topological polar surface area (TPSA) is 76.7 Å². The lowest BCUT2D eigenvalue weighted by Crippen LogP contribution is -2.66. The summed E-state index contributed by atoms with van der Waals surface area (Å²) in [6.45, 7) is 0.172. The second-order valence-corrected chi connectivity index (χ2v) is 8.70. The van der Waals surface area contributed by atoms with E-state index in [4.69, 9.17) is 9.47 Å². The van der Waals surface area contributed by atoms with Gasteiger partial charge in [0.2, 0.25) is 5.91 Å². The number of hydrogen-bond acceptors (Lipinski definition) is 4. The largest absolute Gasteiger partial charge is 0.497 e. The van der Waals surface area contributed by atoms with Crippen molar-refractivity contribution in [3.8, 4) is 11.5 Å². The van der Waals surface area contributed by atoms with Crippen LogP contribution < -0.4 is 20.1 Å². The molecule has 0 radical (unpaired) electrons. The molecule has 2 aromatic rings. The number of halogens is 1. The maximum absolute atomic E-state index is 13.9. The highest BCUT2D eigenvalue weighted by Gasteiger charge is 2.57. The zero-order valence-corrected chi connectivity index (χ0v) is 17.3. The number of amides is 2. The third-order valence-corrected chi connectivity index (χ3v) is 7.02. The summed E-state index contributed by atoms with van der Waals surface area (Å²) in [5.41, 5.74) is 0.176. The normalized spacial score (nSPS) is 28.5. The summed E-state index contributed by atoms with van der Waals surface area (Å²) < 4.78 is 25.5. The molecule has 31 heavy (non-hydrogen) atoms. The Morgan fingerprint density at radius 3 is 2.87 bits per heavy atom. The molecule has 2 amide bonds. The molecule has 4 aliphatic rings. The first-order valence-corrected chi connectivity index (χ1v) is 10.7. The molecule has 3 fully saturated rings. The van der Waals surface area contributed by atoms with Gasteiger partial charge in [-0.2, -0.15) is 0 Å². The predicted molar refractivity (Wildman–Crippen MR) is 111 cm³/mol. The molecule has 2 N–H and O–H groups in total. The van der Waals surface area contributed by atoms with Crippen LogP contribution in [0, 0.1) is 23.6 Å². The summed E-state index contributed by atoms with van der Waals surface area (Å²) in [5, 5.41) is 6.00. The molecule has 4 atom stereocenters. The van der Waals surface area contributed by atoms with Gasteiger partial charge in [0.05, 0.1) is 12.7 Å². The molecular weight excluding hydrogens is 399 g/mol. The van der Waals surface area contributed by atoms with Crippen LogP contribution in [0.15, 0.2) is 42.5 Å². The molecule has 1 heterocycles. The molecule has 3 aliphatic carbocycles. The van der Waals surface area contributed by atoms with Gasteiger partial charge in [-0.05, 0) is 43.4 Å². The molecule has 7 heteroatoms. The molecule has 4 unspecified atom stereocenters. The van der Waals surface area contributed by atoms with Crippen LogP contribution in [0.1, 0.15) is 41.6 Å². The van der Waals surface area contributed by atoms with Crippen LogP contribution in [-0.4, -0.2) is 24.6 Å². The number of nitrogens with one attached hydrogen (secondary N) is 2. The maximum atomic E-state index is 13.9. The SMILES string of the molecule is COc1ccc2c(c1)OC1(CC3CCC1CC3C(=O)NCc1ccccc1F)NC2=O. The van der Waals surface area contributed by atoms with E-state index in [0.717, 1.165) is 12.8 Å². The minimum Gasteiger partial charge on any atom is -0.497 e. The summed E-state index contributed by atoms with van der Waals surface area (Å²) in [7, 11) is 1.58. The predicted octanol–water partition coefficient (Wildman–Crippen LogP) is 3.41. The Hall–Kier alpha value is -3.09. The quantitative estimate of drug-likeness (QED) is 0.789. The highest BCUT2D eigenvalue weighted by atomic mass is 19.1. The summed E-state index contributed by atoms with van der Waals surface area (Å²) >= 11 is 0. The fourth-order valence-electron chi connectivity index (χ4n) is 5.39. The molecule has 2 bridgehead atoms. The van der Waals surface area contributed by atoms with Crippen molar-refractivity contribution in [2.24, 2.45) is 17.8 Å². The van der Waals surface area contributed by atoms with Crippen LogP contribution in [0.3, 0.4) is 0 Å². The van der Waals surface area contributed by atoms with Gasteiger partial charge in [0.1, 0.15) is 17.3 Å². The van der Waals surface area contributed by atoms with Crippen molar-refractivity contribution in [3.63, 3.8) is 0 Å². The molecule has 6 rings (SSSR count). The molecule has 0 aromatic heterocycles. The average Bonchev–Trinajstić information content (AvgIpc) is 2.78.